The smallest absolute Gasteiger partial charge is 0.246 e. The summed E-state index contributed by atoms with van der Waals surface area (Å²) in [6.07, 6.45) is 1.37. The van der Waals surface area contributed by atoms with E-state index in [2.05, 4.69) is 5.32 Å². The summed E-state index contributed by atoms with van der Waals surface area (Å²) < 4.78 is 5.19. The SMILES string of the molecule is CCOC1NC(=O)C=C1C. The first kappa shape index (κ1) is 7.28. The van der Waals surface area contributed by atoms with E-state index in [0.717, 1.165) is 5.57 Å². The van der Waals surface area contributed by atoms with Crippen LogP contribution in [0.25, 0.3) is 0 Å². The molecule has 0 aromatic heterocycles. The number of hydrogen-bond donors (Lipinski definition) is 1. The molecule has 1 aliphatic heterocycles. The Bertz CT molecular complexity index is 174. The van der Waals surface area contributed by atoms with Crippen molar-refractivity contribution in [3.8, 4) is 0 Å². The fourth-order valence-electron chi connectivity index (χ4n) is 0.907. The zero-order valence-electron chi connectivity index (χ0n) is 6.18. The van der Waals surface area contributed by atoms with E-state index >= 15 is 0 Å². The Kier molecular flexibility index (Phi) is 2.06. The zero-order chi connectivity index (χ0) is 7.56. The van der Waals surface area contributed by atoms with Crippen LogP contribution in [0.4, 0.5) is 0 Å². The molecule has 0 radical (unpaired) electrons. The van der Waals surface area contributed by atoms with Gasteiger partial charge in [-0.1, -0.05) is 0 Å². The molecule has 0 saturated carbocycles. The Morgan fingerprint density at radius 1 is 1.80 bits per heavy atom. The van der Waals surface area contributed by atoms with Crippen molar-refractivity contribution in [2.45, 2.75) is 20.1 Å². The third kappa shape index (κ3) is 1.36. The van der Waals surface area contributed by atoms with E-state index in [-0.39, 0.29) is 12.1 Å². The molecular formula is C7H11NO2. The van der Waals surface area contributed by atoms with Gasteiger partial charge in [0.2, 0.25) is 5.91 Å². The minimum Gasteiger partial charge on any atom is -0.355 e. The number of nitrogens with one attached hydrogen (secondary N) is 1. The first-order chi connectivity index (χ1) is 4.74. The standard InChI is InChI=1S/C7H11NO2/c1-3-10-7-5(2)4-6(9)8-7/h4,7H,3H2,1-2H3,(H,8,9). The molecule has 1 heterocycles. The highest BCUT2D eigenvalue weighted by molar-refractivity contribution is 5.91. The van der Waals surface area contributed by atoms with Crippen molar-refractivity contribution >= 4 is 5.91 Å². The van der Waals surface area contributed by atoms with Crippen molar-refractivity contribution in [1.29, 1.82) is 0 Å². The van der Waals surface area contributed by atoms with Crippen molar-refractivity contribution in [2.75, 3.05) is 6.61 Å². The molecule has 56 valence electrons. The lowest BCUT2D eigenvalue weighted by Crippen LogP contribution is -2.30. The van der Waals surface area contributed by atoms with Crippen LogP contribution in [-0.2, 0) is 9.53 Å². The molecule has 10 heavy (non-hydrogen) atoms. The molecule has 1 unspecified atom stereocenters. The topological polar surface area (TPSA) is 38.3 Å². The number of carbonyl (C=O) groups is 1. The molecule has 0 spiro atoms. The van der Waals surface area contributed by atoms with Crippen LogP contribution >= 0.6 is 0 Å². The minimum atomic E-state index is -0.183. The summed E-state index contributed by atoms with van der Waals surface area (Å²) in [6, 6.07) is 0. The van der Waals surface area contributed by atoms with E-state index in [1.54, 1.807) is 6.08 Å². The van der Waals surface area contributed by atoms with Crippen molar-refractivity contribution in [1.82, 2.24) is 5.32 Å². The lowest BCUT2D eigenvalue weighted by molar-refractivity contribution is -0.118. The predicted molar refractivity (Wildman–Crippen MR) is 37.3 cm³/mol. The second-order valence-corrected chi connectivity index (χ2v) is 2.23. The number of amides is 1. The molecule has 1 amide bonds. The maximum Gasteiger partial charge on any atom is 0.246 e. The van der Waals surface area contributed by atoms with Gasteiger partial charge in [0.1, 0.15) is 0 Å². The highest BCUT2D eigenvalue weighted by atomic mass is 16.5. The number of rotatable bonds is 2. The van der Waals surface area contributed by atoms with E-state index < -0.39 is 0 Å². The summed E-state index contributed by atoms with van der Waals surface area (Å²) in [6.45, 7) is 4.39. The van der Waals surface area contributed by atoms with Crippen LogP contribution in [0.1, 0.15) is 13.8 Å². The van der Waals surface area contributed by atoms with Crippen molar-refractivity contribution in [3.63, 3.8) is 0 Å². The first-order valence-corrected chi connectivity index (χ1v) is 3.34. The molecule has 0 bridgehead atoms. The predicted octanol–water partition coefficient (Wildman–Crippen LogP) is 0.425. The van der Waals surface area contributed by atoms with Gasteiger partial charge in [0.25, 0.3) is 0 Å². The van der Waals surface area contributed by atoms with E-state index in [4.69, 9.17) is 4.74 Å². The average molecular weight is 141 g/mol. The minimum absolute atomic E-state index is 0.0593. The van der Waals surface area contributed by atoms with Crippen molar-refractivity contribution in [3.05, 3.63) is 11.6 Å². The number of carbonyl (C=O) groups excluding carboxylic acids is 1. The summed E-state index contributed by atoms with van der Waals surface area (Å²) in [5.41, 5.74) is 0.951. The number of hydrogen-bond acceptors (Lipinski definition) is 2. The normalized spacial score (nSPS) is 24.4. The van der Waals surface area contributed by atoms with E-state index in [1.807, 2.05) is 13.8 Å². The fourth-order valence-corrected chi connectivity index (χ4v) is 0.907. The van der Waals surface area contributed by atoms with Crippen LogP contribution in [0.2, 0.25) is 0 Å². The largest absolute Gasteiger partial charge is 0.355 e. The van der Waals surface area contributed by atoms with Gasteiger partial charge in [0.05, 0.1) is 0 Å². The van der Waals surface area contributed by atoms with Gasteiger partial charge in [-0.25, -0.2) is 0 Å². The van der Waals surface area contributed by atoms with Gasteiger partial charge in [0, 0.05) is 12.7 Å². The van der Waals surface area contributed by atoms with Crippen LogP contribution in [0.3, 0.4) is 0 Å². The molecule has 0 aromatic rings. The lowest BCUT2D eigenvalue weighted by atomic mass is 10.3. The van der Waals surface area contributed by atoms with Gasteiger partial charge < -0.3 is 10.1 Å². The molecule has 0 fully saturated rings. The second-order valence-electron chi connectivity index (χ2n) is 2.23. The summed E-state index contributed by atoms with van der Waals surface area (Å²) in [5.74, 6) is -0.0593. The summed E-state index contributed by atoms with van der Waals surface area (Å²) >= 11 is 0. The van der Waals surface area contributed by atoms with E-state index in [1.165, 1.54) is 0 Å². The lowest BCUT2D eigenvalue weighted by Gasteiger charge is -2.11. The van der Waals surface area contributed by atoms with E-state index in [9.17, 15) is 4.79 Å². The van der Waals surface area contributed by atoms with Gasteiger partial charge in [-0.2, -0.15) is 0 Å². The Hall–Kier alpha value is -0.830. The highest BCUT2D eigenvalue weighted by Gasteiger charge is 2.19. The molecule has 1 atom stereocenters. The Labute approximate surface area is 60.1 Å². The average Bonchev–Trinajstić information content (AvgIpc) is 2.13. The molecule has 3 heteroatoms. The molecule has 0 aromatic carbocycles. The summed E-state index contributed by atoms with van der Waals surface area (Å²) in [4.78, 5) is 10.7. The van der Waals surface area contributed by atoms with Gasteiger partial charge in [-0.3, -0.25) is 4.79 Å². The third-order valence-corrected chi connectivity index (χ3v) is 1.38. The Balaban J connectivity index is 2.51. The van der Waals surface area contributed by atoms with Crippen molar-refractivity contribution < 1.29 is 9.53 Å². The maximum atomic E-state index is 10.7. The molecular weight excluding hydrogens is 130 g/mol. The quantitative estimate of drug-likeness (QED) is 0.605. The fraction of sp³-hybridized carbons (Fsp3) is 0.571. The van der Waals surface area contributed by atoms with Crippen LogP contribution in [0.15, 0.2) is 11.6 Å². The molecule has 1 rings (SSSR count). The molecule has 1 aliphatic rings. The van der Waals surface area contributed by atoms with Crippen LogP contribution < -0.4 is 5.32 Å². The summed E-state index contributed by atoms with van der Waals surface area (Å²) in [5, 5.41) is 2.65. The summed E-state index contributed by atoms with van der Waals surface area (Å²) in [7, 11) is 0. The molecule has 3 nitrogen and oxygen atoms in total. The van der Waals surface area contributed by atoms with Gasteiger partial charge in [-0.05, 0) is 19.4 Å². The monoisotopic (exact) mass is 141 g/mol. The van der Waals surface area contributed by atoms with E-state index in [0.29, 0.717) is 6.61 Å². The molecule has 0 aliphatic carbocycles. The molecule has 1 N–H and O–H groups in total. The Morgan fingerprint density at radius 2 is 2.50 bits per heavy atom. The van der Waals surface area contributed by atoms with Gasteiger partial charge in [-0.15, -0.1) is 0 Å². The van der Waals surface area contributed by atoms with Crippen LogP contribution in [0.5, 0.6) is 0 Å². The van der Waals surface area contributed by atoms with Crippen LogP contribution in [-0.4, -0.2) is 18.7 Å². The zero-order valence-corrected chi connectivity index (χ0v) is 6.18. The van der Waals surface area contributed by atoms with Gasteiger partial charge in [0.15, 0.2) is 6.23 Å². The molecule has 0 saturated heterocycles. The third-order valence-electron chi connectivity index (χ3n) is 1.38. The Morgan fingerprint density at radius 3 is 2.90 bits per heavy atom. The number of ether oxygens (including phenoxy) is 1. The van der Waals surface area contributed by atoms with Crippen molar-refractivity contribution in [2.24, 2.45) is 0 Å². The van der Waals surface area contributed by atoms with Gasteiger partial charge >= 0.3 is 0 Å². The maximum absolute atomic E-state index is 10.7. The highest BCUT2D eigenvalue weighted by Crippen LogP contribution is 2.08. The second kappa shape index (κ2) is 2.84. The van der Waals surface area contributed by atoms with Crippen LogP contribution in [0, 0.1) is 0 Å². The first-order valence-electron chi connectivity index (χ1n) is 3.34.